The van der Waals surface area contributed by atoms with Crippen molar-refractivity contribution in [2.24, 2.45) is 0 Å². The van der Waals surface area contributed by atoms with Gasteiger partial charge in [0.15, 0.2) is 15.0 Å². The zero-order valence-electron chi connectivity index (χ0n) is 18.8. The Morgan fingerprint density at radius 1 is 1.12 bits per heavy atom. The summed E-state index contributed by atoms with van der Waals surface area (Å²) in [5.41, 5.74) is 0.530. The summed E-state index contributed by atoms with van der Waals surface area (Å²) in [6, 6.07) is 10.3. The van der Waals surface area contributed by atoms with E-state index in [1.54, 1.807) is 11.0 Å². The Morgan fingerprint density at radius 2 is 1.82 bits per heavy atom. The number of rotatable bonds is 11. The highest BCUT2D eigenvalue weighted by molar-refractivity contribution is 7.91. The molecule has 12 heteroatoms. The zero-order valence-corrected chi connectivity index (χ0v) is 21.2. The van der Waals surface area contributed by atoms with Crippen LogP contribution in [0.5, 0.6) is 0 Å². The molecule has 0 bridgehead atoms. The van der Waals surface area contributed by atoms with Crippen LogP contribution in [0, 0.1) is 10.1 Å². The Bertz CT molecular complexity index is 1280. The summed E-state index contributed by atoms with van der Waals surface area (Å²) >= 11 is 7.04. The van der Waals surface area contributed by atoms with Crippen molar-refractivity contribution in [1.29, 1.82) is 0 Å². The number of halogens is 1. The maximum Gasteiger partial charge on any atom is 0.270 e. The normalized spacial score (nSPS) is 11.8. The SMILES string of the molecule is CN(C)CCCN(C(=O)CCCS(=O)(=O)c1ccc(Cl)cc1)c1nc2ccc([N+](=O)[O-])cc2s1. The van der Waals surface area contributed by atoms with Crippen LogP contribution < -0.4 is 4.90 Å². The Balaban J connectivity index is 1.74. The molecule has 0 radical (unpaired) electrons. The van der Waals surface area contributed by atoms with Crippen molar-refractivity contribution in [3.63, 3.8) is 0 Å². The number of thiazole rings is 1. The Labute approximate surface area is 207 Å². The topological polar surface area (TPSA) is 114 Å². The molecule has 1 heterocycles. The van der Waals surface area contributed by atoms with Gasteiger partial charge in [0.25, 0.3) is 5.69 Å². The van der Waals surface area contributed by atoms with E-state index < -0.39 is 14.8 Å². The van der Waals surface area contributed by atoms with Crippen LogP contribution in [0.15, 0.2) is 47.4 Å². The molecule has 3 rings (SSSR count). The number of nitrogens with zero attached hydrogens (tertiary/aromatic N) is 4. The predicted molar refractivity (Wildman–Crippen MR) is 135 cm³/mol. The van der Waals surface area contributed by atoms with Gasteiger partial charge in [-0.25, -0.2) is 13.4 Å². The van der Waals surface area contributed by atoms with E-state index in [4.69, 9.17) is 11.6 Å². The van der Waals surface area contributed by atoms with Gasteiger partial charge in [-0.05, 0) is 63.8 Å². The van der Waals surface area contributed by atoms with Crippen LogP contribution in [0.2, 0.25) is 5.02 Å². The number of carbonyl (C=O) groups excluding carboxylic acids is 1. The predicted octanol–water partition coefficient (Wildman–Crippen LogP) is 4.40. The van der Waals surface area contributed by atoms with Crippen molar-refractivity contribution >= 4 is 59.7 Å². The van der Waals surface area contributed by atoms with E-state index in [0.29, 0.717) is 33.3 Å². The van der Waals surface area contributed by atoms with Gasteiger partial charge >= 0.3 is 0 Å². The molecule has 0 aliphatic carbocycles. The number of non-ortho nitro benzene ring substituents is 1. The summed E-state index contributed by atoms with van der Waals surface area (Å²) < 4.78 is 25.8. The van der Waals surface area contributed by atoms with Crippen molar-refractivity contribution in [3.8, 4) is 0 Å². The number of anilines is 1. The quantitative estimate of drug-likeness (QED) is 0.270. The minimum Gasteiger partial charge on any atom is -0.309 e. The van der Waals surface area contributed by atoms with Gasteiger partial charge in [0, 0.05) is 30.1 Å². The molecule has 0 aliphatic rings. The van der Waals surface area contributed by atoms with Gasteiger partial charge in [0.2, 0.25) is 5.91 Å². The maximum absolute atomic E-state index is 13.1. The summed E-state index contributed by atoms with van der Waals surface area (Å²) in [6.07, 6.45) is 0.882. The molecular formula is C22H25ClN4O5S2. The van der Waals surface area contributed by atoms with Crippen molar-refractivity contribution in [3.05, 3.63) is 57.6 Å². The second-order valence-electron chi connectivity index (χ2n) is 7.98. The third-order valence-corrected chi connectivity index (χ3v) is 8.18. The van der Waals surface area contributed by atoms with Gasteiger partial charge in [-0.1, -0.05) is 22.9 Å². The van der Waals surface area contributed by atoms with E-state index in [-0.39, 0.29) is 35.1 Å². The van der Waals surface area contributed by atoms with Crippen molar-refractivity contribution in [2.45, 2.75) is 24.2 Å². The van der Waals surface area contributed by atoms with E-state index in [9.17, 15) is 23.3 Å². The molecule has 0 saturated carbocycles. The van der Waals surface area contributed by atoms with Gasteiger partial charge in [-0.3, -0.25) is 19.8 Å². The second-order valence-corrected chi connectivity index (χ2v) is 11.5. The lowest BCUT2D eigenvalue weighted by atomic mass is 10.3. The number of nitro groups is 1. The van der Waals surface area contributed by atoms with E-state index in [2.05, 4.69) is 4.98 Å². The average Bonchev–Trinajstić information content (AvgIpc) is 3.19. The number of hydrogen-bond acceptors (Lipinski definition) is 8. The molecule has 0 fully saturated rings. The fraction of sp³-hybridized carbons (Fsp3) is 0.364. The first-order valence-corrected chi connectivity index (χ1v) is 13.4. The number of amides is 1. The van der Waals surface area contributed by atoms with Crippen LogP contribution in [0.4, 0.5) is 10.8 Å². The van der Waals surface area contributed by atoms with Crippen LogP contribution in [-0.2, 0) is 14.6 Å². The van der Waals surface area contributed by atoms with E-state index >= 15 is 0 Å². The van der Waals surface area contributed by atoms with Crippen LogP contribution in [0.1, 0.15) is 19.3 Å². The summed E-state index contributed by atoms with van der Waals surface area (Å²) in [7, 11) is 0.333. The first-order valence-electron chi connectivity index (χ1n) is 10.6. The highest BCUT2D eigenvalue weighted by atomic mass is 35.5. The molecule has 0 spiro atoms. The number of hydrogen-bond donors (Lipinski definition) is 0. The fourth-order valence-electron chi connectivity index (χ4n) is 3.31. The van der Waals surface area contributed by atoms with Crippen LogP contribution >= 0.6 is 22.9 Å². The van der Waals surface area contributed by atoms with E-state index in [1.165, 1.54) is 47.7 Å². The van der Waals surface area contributed by atoms with E-state index in [0.717, 1.165) is 6.54 Å². The van der Waals surface area contributed by atoms with Crippen molar-refractivity contribution in [1.82, 2.24) is 9.88 Å². The molecule has 0 unspecified atom stereocenters. The molecule has 3 aromatic rings. The first-order chi connectivity index (χ1) is 16.1. The molecule has 1 amide bonds. The lowest BCUT2D eigenvalue weighted by molar-refractivity contribution is -0.384. The highest BCUT2D eigenvalue weighted by Crippen LogP contribution is 2.32. The number of benzene rings is 2. The maximum atomic E-state index is 13.1. The molecule has 9 nitrogen and oxygen atoms in total. The molecule has 2 aromatic carbocycles. The third-order valence-electron chi connectivity index (χ3n) is 5.07. The second kappa shape index (κ2) is 11.2. The van der Waals surface area contributed by atoms with Gasteiger partial charge < -0.3 is 4.90 Å². The monoisotopic (exact) mass is 524 g/mol. The number of aromatic nitrogens is 1. The molecular weight excluding hydrogens is 500 g/mol. The van der Waals surface area contributed by atoms with Crippen molar-refractivity contribution in [2.75, 3.05) is 37.8 Å². The Kier molecular flexibility index (Phi) is 8.58. The number of sulfone groups is 1. The summed E-state index contributed by atoms with van der Waals surface area (Å²) in [6.45, 7) is 1.16. The molecule has 1 aromatic heterocycles. The summed E-state index contributed by atoms with van der Waals surface area (Å²) in [5, 5.41) is 12.0. The largest absolute Gasteiger partial charge is 0.309 e. The Morgan fingerprint density at radius 3 is 2.47 bits per heavy atom. The Hall–Kier alpha value is -2.60. The molecule has 0 N–H and O–H groups in total. The smallest absolute Gasteiger partial charge is 0.270 e. The van der Waals surface area contributed by atoms with Gasteiger partial charge in [-0.15, -0.1) is 0 Å². The lowest BCUT2D eigenvalue weighted by Crippen LogP contribution is -2.33. The van der Waals surface area contributed by atoms with Crippen LogP contribution in [-0.4, -0.2) is 62.1 Å². The summed E-state index contributed by atoms with van der Waals surface area (Å²) in [4.78, 5) is 31.9. The standard InChI is InChI=1S/C22H25ClN4O5S2/c1-25(2)12-4-13-26(22-24-19-11-8-17(27(29)30)15-20(19)33-22)21(28)5-3-14-34(31,32)18-9-6-16(23)7-10-18/h6-11,15H,3-5,12-14H2,1-2H3. The van der Waals surface area contributed by atoms with Crippen LogP contribution in [0.3, 0.4) is 0 Å². The molecule has 34 heavy (non-hydrogen) atoms. The van der Waals surface area contributed by atoms with Crippen LogP contribution in [0.25, 0.3) is 10.2 Å². The van der Waals surface area contributed by atoms with Gasteiger partial charge in [-0.2, -0.15) is 0 Å². The number of carbonyl (C=O) groups is 1. The molecule has 182 valence electrons. The third kappa shape index (κ3) is 6.72. The highest BCUT2D eigenvalue weighted by Gasteiger charge is 2.22. The first kappa shape index (κ1) is 26.0. The lowest BCUT2D eigenvalue weighted by Gasteiger charge is -2.21. The van der Waals surface area contributed by atoms with Crippen molar-refractivity contribution < 1.29 is 18.1 Å². The van der Waals surface area contributed by atoms with E-state index in [1.807, 2.05) is 19.0 Å². The zero-order chi connectivity index (χ0) is 24.9. The van der Waals surface area contributed by atoms with Gasteiger partial charge in [0.1, 0.15) is 0 Å². The number of fused-ring (bicyclic) bond motifs is 1. The molecule has 0 aliphatic heterocycles. The minimum absolute atomic E-state index is 0.0326. The molecule has 0 saturated heterocycles. The van der Waals surface area contributed by atoms with Gasteiger partial charge in [0.05, 0.1) is 25.8 Å². The average molecular weight is 525 g/mol. The number of nitro benzene ring substituents is 1. The fourth-order valence-corrected chi connectivity index (χ4v) is 5.79. The summed E-state index contributed by atoms with van der Waals surface area (Å²) in [5.74, 6) is -0.406. The molecule has 0 atom stereocenters. The minimum atomic E-state index is -3.54.